The van der Waals surface area contributed by atoms with Crippen LogP contribution >= 0.6 is 11.3 Å². The number of methoxy groups -OCH3 is 2. The molecule has 238 valence electrons. The summed E-state index contributed by atoms with van der Waals surface area (Å²) < 4.78 is 66.4. The molecule has 1 aromatic heterocycles. The number of thiophene rings is 1. The minimum Gasteiger partial charge on any atom is -0.495 e. The molecule has 0 spiro atoms. The van der Waals surface area contributed by atoms with E-state index in [1.807, 2.05) is 11.9 Å². The third kappa shape index (κ3) is 8.75. The van der Waals surface area contributed by atoms with E-state index in [2.05, 4.69) is 27.8 Å². The highest BCUT2D eigenvalue weighted by Gasteiger charge is 2.32. The van der Waals surface area contributed by atoms with Crippen molar-refractivity contribution in [2.24, 2.45) is 0 Å². The number of piperidine rings is 1. The smallest absolute Gasteiger partial charge is 0.393 e. The predicted octanol–water partition coefficient (Wildman–Crippen LogP) is 4.67. The molecule has 0 radical (unpaired) electrons. The minimum absolute atomic E-state index is 0.0186. The van der Waals surface area contributed by atoms with Crippen molar-refractivity contribution in [3.8, 4) is 17.6 Å². The van der Waals surface area contributed by atoms with Crippen LogP contribution in [0.5, 0.6) is 5.75 Å². The number of alkyl halides is 4. The maximum Gasteiger partial charge on any atom is 0.393 e. The van der Waals surface area contributed by atoms with Gasteiger partial charge in [0.1, 0.15) is 11.9 Å². The number of aliphatic hydroxyl groups excluding tert-OH is 1. The van der Waals surface area contributed by atoms with Gasteiger partial charge in [0.25, 0.3) is 5.91 Å². The quantitative estimate of drug-likeness (QED) is 0.180. The van der Waals surface area contributed by atoms with E-state index >= 15 is 0 Å². The van der Waals surface area contributed by atoms with Crippen molar-refractivity contribution in [1.29, 1.82) is 0 Å². The van der Waals surface area contributed by atoms with Crippen molar-refractivity contribution in [3.63, 3.8) is 0 Å². The number of halogens is 4. The standard InChI is InChI=1S/C31H36F4N4O4S/c1-39-13-11-24(23(32)17-39)38-26-7-4-6-21-22(15-31(33,34)35)28(44-29(21)26)8-5-12-36-25-10-9-19(14-27(25)43-3)30(41)37-16-20(40)18-42-2/h4,6-7,9-10,14,20,23-24,36,38,40H,11-13,15-18H2,1-3H3,(H,37,41)/t20?,23-,24+/m0/s1. The van der Waals surface area contributed by atoms with Crippen molar-refractivity contribution in [2.45, 2.75) is 37.3 Å². The molecule has 0 saturated carbocycles. The second kappa shape index (κ2) is 14.9. The van der Waals surface area contributed by atoms with Crippen molar-refractivity contribution in [1.82, 2.24) is 10.2 Å². The van der Waals surface area contributed by atoms with Gasteiger partial charge in [0.05, 0.1) is 59.8 Å². The van der Waals surface area contributed by atoms with E-state index in [9.17, 15) is 27.5 Å². The molecule has 1 saturated heterocycles. The molecule has 4 rings (SSSR count). The maximum absolute atomic E-state index is 14.7. The van der Waals surface area contributed by atoms with E-state index in [1.165, 1.54) is 20.3 Å². The number of anilines is 2. The van der Waals surface area contributed by atoms with Gasteiger partial charge in [0, 0.05) is 32.3 Å². The van der Waals surface area contributed by atoms with E-state index in [-0.39, 0.29) is 25.3 Å². The molecule has 13 heteroatoms. The first-order valence-corrected chi connectivity index (χ1v) is 14.9. The molecular formula is C31H36F4N4O4S. The Morgan fingerprint density at radius 1 is 1.23 bits per heavy atom. The molecule has 1 aliphatic rings. The molecular weight excluding hydrogens is 600 g/mol. The molecule has 4 N–H and O–H groups in total. The molecule has 44 heavy (non-hydrogen) atoms. The fraction of sp³-hybridized carbons (Fsp3) is 0.452. The van der Waals surface area contributed by atoms with Crippen LogP contribution in [0, 0.1) is 11.8 Å². The average molecular weight is 637 g/mol. The van der Waals surface area contributed by atoms with E-state index in [0.717, 1.165) is 17.9 Å². The van der Waals surface area contributed by atoms with Crippen molar-refractivity contribution >= 4 is 38.7 Å². The number of fused-ring (bicyclic) bond motifs is 1. The molecule has 3 atom stereocenters. The predicted molar refractivity (Wildman–Crippen MR) is 165 cm³/mol. The molecule has 8 nitrogen and oxygen atoms in total. The van der Waals surface area contributed by atoms with E-state index < -0.39 is 36.8 Å². The van der Waals surface area contributed by atoms with Gasteiger partial charge in [0.15, 0.2) is 0 Å². The summed E-state index contributed by atoms with van der Waals surface area (Å²) >= 11 is 1.16. The van der Waals surface area contributed by atoms with Crippen LogP contribution < -0.4 is 20.7 Å². The summed E-state index contributed by atoms with van der Waals surface area (Å²) in [5, 5.41) is 19.1. The van der Waals surface area contributed by atoms with Gasteiger partial charge in [-0.2, -0.15) is 13.2 Å². The van der Waals surface area contributed by atoms with Gasteiger partial charge in [-0.1, -0.05) is 24.0 Å². The Morgan fingerprint density at radius 3 is 2.73 bits per heavy atom. The Hall–Kier alpha value is -3.57. The minimum atomic E-state index is -4.44. The number of nitrogens with zero attached hydrogens (tertiary/aromatic N) is 1. The van der Waals surface area contributed by atoms with Crippen molar-refractivity contribution in [3.05, 3.63) is 52.4 Å². The molecule has 1 fully saturated rings. The first-order chi connectivity index (χ1) is 21.0. The third-order valence-electron chi connectivity index (χ3n) is 7.17. The lowest BCUT2D eigenvalue weighted by molar-refractivity contribution is -0.126. The van der Waals surface area contributed by atoms with Gasteiger partial charge >= 0.3 is 6.18 Å². The second-order valence-corrected chi connectivity index (χ2v) is 11.6. The topological polar surface area (TPSA) is 95.1 Å². The number of ether oxygens (including phenoxy) is 2. The van der Waals surface area contributed by atoms with Gasteiger partial charge in [-0.3, -0.25) is 4.79 Å². The summed E-state index contributed by atoms with van der Waals surface area (Å²) in [6.07, 6.45) is -6.92. The first-order valence-electron chi connectivity index (χ1n) is 14.0. The van der Waals surface area contributed by atoms with Crippen molar-refractivity contribution in [2.75, 3.05) is 64.7 Å². The lowest BCUT2D eigenvalue weighted by atomic mass is 10.0. The Kier molecular flexibility index (Phi) is 11.3. The third-order valence-corrected chi connectivity index (χ3v) is 8.37. The highest BCUT2D eigenvalue weighted by molar-refractivity contribution is 7.20. The molecule has 0 bridgehead atoms. The first kappa shape index (κ1) is 33.3. The number of aliphatic hydroxyl groups is 1. The molecule has 2 heterocycles. The number of benzene rings is 2. The normalized spacial score (nSPS) is 17.9. The Balaban J connectivity index is 1.51. The fourth-order valence-corrected chi connectivity index (χ4v) is 6.16. The Bertz CT molecular complexity index is 1500. The zero-order valence-electron chi connectivity index (χ0n) is 24.7. The zero-order chi connectivity index (χ0) is 31.9. The van der Waals surface area contributed by atoms with Gasteiger partial charge in [-0.15, -0.1) is 11.3 Å². The fourth-order valence-electron chi connectivity index (χ4n) is 4.99. The number of rotatable bonds is 11. The molecule has 0 aliphatic carbocycles. The van der Waals surface area contributed by atoms with Crippen molar-refractivity contribution < 1.29 is 36.9 Å². The number of hydrogen-bond donors (Lipinski definition) is 4. The van der Waals surface area contributed by atoms with E-state index in [0.29, 0.717) is 50.6 Å². The molecule has 1 amide bonds. The molecule has 2 aromatic carbocycles. The lowest BCUT2D eigenvalue weighted by Crippen LogP contribution is -2.46. The van der Waals surface area contributed by atoms with Crippen LogP contribution in [0.15, 0.2) is 36.4 Å². The van der Waals surface area contributed by atoms with Gasteiger partial charge in [0.2, 0.25) is 0 Å². The Morgan fingerprint density at radius 2 is 2.02 bits per heavy atom. The summed E-state index contributed by atoms with van der Waals surface area (Å²) in [7, 11) is 4.75. The number of hydrogen-bond acceptors (Lipinski definition) is 8. The highest BCUT2D eigenvalue weighted by atomic mass is 32.1. The van der Waals surface area contributed by atoms with Gasteiger partial charge < -0.3 is 35.4 Å². The summed E-state index contributed by atoms with van der Waals surface area (Å²) in [6, 6.07) is 9.39. The number of carbonyl (C=O) groups is 1. The average Bonchev–Trinajstić information content (AvgIpc) is 3.32. The van der Waals surface area contributed by atoms with Crippen LogP contribution in [0.1, 0.15) is 27.2 Å². The van der Waals surface area contributed by atoms with Crippen LogP contribution in [0.2, 0.25) is 0 Å². The lowest BCUT2D eigenvalue weighted by Gasteiger charge is -2.33. The van der Waals surface area contributed by atoms with E-state index in [1.54, 1.807) is 30.3 Å². The maximum atomic E-state index is 14.7. The number of nitrogens with one attached hydrogen (secondary N) is 3. The SMILES string of the molecule is COCC(O)CNC(=O)c1ccc(NCC#Cc2sc3c(N[C@@H]4CCN(C)C[C@@H]4F)cccc3c2CC(F)(F)F)c(OC)c1. The Labute approximate surface area is 257 Å². The van der Waals surface area contributed by atoms with Crippen LogP contribution in [-0.4, -0.2) is 94.5 Å². The number of likely N-dealkylation sites (tertiary alicyclic amines) is 1. The van der Waals surface area contributed by atoms with E-state index in [4.69, 9.17) is 9.47 Å². The monoisotopic (exact) mass is 636 g/mol. The second-order valence-electron chi connectivity index (χ2n) is 10.6. The van der Waals surface area contributed by atoms with Crippen LogP contribution in [-0.2, 0) is 11.2 Å². The zero-order valence-corrected chi connectivity index (χ0v) is 25.5. The molecule has 1 unspecified atom stereocenters. The molecule has 1 aliphatic heterocycles. The van der Waals surface area contributed by atoms with Crippen LogP contribution in [0.4, 0.5) is 28.9 Å². The summed E-state index contributed by atoms with van der Waals surface area (Å²) in [5.41, 5.74) is 1.54. The molecule has 3 aromatic rings. The summed E-state index contributed by atoms with van der Waals surface area (Å²) in [5.74, 6) is 5.77. The number of carbonyl (C=O) groups excluding carboxylic acids is 1. The van der Waals surface area contributed by atoms with Crippen LogP contribution in [0.3, 0.4) is 0 Å². The largest absolute Gasteiger partial charge is 0.495 e. The van der Waals surface area contributed by atoms with Gasteiger partial charge in [-0.25, -0.2) is 4.39 Å². The highest BCUT2D eigenvalue weighted by Crippen LogP contribution is 2.39. The van der Waals surface area contributed by atoms with Crippen LogP contribution in [0.25, 0.3) is 10.1 Å². The van der Waals surface area contributed by atoms with Gasteiger partial charge in [-0.05, 0) is 48.7 Å². The summed E-state index contributed by atoms with van der Waals surface area (Å²) in [6.45, 7) is 1.21. The number of amides is 1. The summed E-state index contributed by atoms with van der Waals surface area (Å²) in [4.78, 5) is 14.7.